The van der Waals surface area contributed by atoms with Gasteiger partial charge in [0.05, 0.1) is 5.69 Å². The highest BCUT2D eigenvalue weighted by Crippen LogP contribution is 2.28. The molecule has 2 amide bonds. The number of para-hydroxylation sites is 1. The van der Waals surface area contributed by atoms with Crippen LogP contribution in [-0.2, 0) is 9.53 Å². The van der Waals surface area contributed by atoms with E-state index in [1.54, 1.807) is 0 Å². The monoisotopic (exact) mass is 593 g/mol. The highest BCUT2D eigenvalue weighted by Gasteiger charge is 2.09. The lowest BCUT2D eigenvalue weighted by Crippen LogP contribution is -2.14. The van der Waals surface area contributed by atoms with Crippen LogP contribution in [0.3, 0.4) is 0 Å². The topological polar surface area (TPSA) is 142 Å². The number of anilines is 1. The molecular formula is C30H35N5O4S2. The number of unbranched alkanes of at least 4 members (excludes halogenated alkanes) is 2. The molecule has 41 heavy (non-hydrogen) atoms. The molecule has 2 aromatic carbocycles. The van der Waals surface area contributed by atoms with Crippen LogP contribution in [0.15, 0.2) is 95.9 Å². The maximum Gasteiger partial charge on any atom is 0.404 e. The van der Waals surface area contributed by atoms with E-state index in [-0.39, 0.29) is 12.5 Å². The van der Waals surface area contributed by atoms with E-state index in [0.29, 0.717) is 11.6 Å². The second-order valence-electron chi connectivity index (χ2n) is 8.76. The molecule has 0 bridgehead atoms. The Morgan fingerprint density at radius 1 is 1.00 bits per heavy atom. The van der Waals surface area contributed by atoms with E-state index in [1.165, 1.54) is 11.3 Å². The maximum absolute atomic E-state index is 12.1. The molecule has 216 valence electrons. The van der Waals surface area contributed by atoms with Gasteiger partial charge in [-0.25, -0.2) is 9.78 Å². The number of carbonyl (C=O) groups is 2. The zero-order valence-electron chi connectivity index (χ0n) is 22.7. The molecule has 1 aromatic heterocycles. The third kappa shape index (κ3) is 12.9. The summed E-state index contributed by atoms with van der Waals surface area (Å²) in [6.45, 7) is 1.11. The molecule has 1 aliphatic carbocycles. The zero-order chi connectivity index (χ0) is 29.1. The lowest BCUT2D eigenvalue weighted by molar-refractivity contribution is -0.116. The molecule has 0 radical (unpaired) electrons. The van der Waals surface area contributed by atoms with Crippen molar-refractivity contribution in [2.24, 2.45) is 10.9 Å². The summed E-state index contributed by atoms with van der Waals surface area (Å²) in [6, 6.07) is 17.4. The van der Waals surface area contributed by atoms with Crippen molar-refractivity contribution >= 4 is 40.6 Å². The summed E-state index contributed by atoms with van der Waals surface area (Å²) in [6.07, 6.45) is 13.2. The average Bonchev–Trinajstić information content (AvgIpc) is 3.28. The Labute approximate surface area is 249 Å². The van der Waals surface area contributed by atoms with Crippen molar-refractivity contribution in [1.82, 2.24) is 9.71 Å². The highest BCUT2D eigenvalue weighted by molar-refractivity contribution is 7.95. The summed E-state index contributed by atoms with van der Waals surface area (Å²) in [7, 11) is 0. The van der Waals surface area contributed by atoms with Crippen molar-refractivity contribution in [3.63, 3.8) is 0 Å². The molecule has 0 fully saturated rings. The van der Waals surface area contributed by atoms with Crippen molar-refractivity contribution in [2.75, 3.05) is 18.5 Å². The van der Waals surface area contributed by atoms with Gasteiger partial charge in [0, 0.05) is 36.0 Å². The minimum absolute atomic E-state index is 0.00123. The van der Waals surface area contributed by atoms with Crippen molar-refractivity contribution in [2.45, 2.75) is 32.1 Å². The molecular weight excluding hydrogens is 558 g/mol. The Morgan fingerprint density at radius 3 is 2.54 bits per heavy atom. The third-order valence-corrected chi connectivity index (χ3v) is 6.73. The third-order valence-electron chi connectivity index (χ3n) is 5.60. The fourth-order valence-corrected chi connectivity index (χ4v) is 4.57. The van der Waals surface area contributed by atoms with Gasteiger partial charge in [0.25, 0.3) is 0 Å². The van der Waals surface area contributed by atoms with Crippen LogP contribution in [-0.4, -0.2) is 30.1 Å². The van der Waals surface area contributed by atoms with Crippen LogP contribution >= 0.6 is 23.5 Å². The molecule has 1 aliphatic rings. The molecule has 11 heteroatoms. The number of nitrogens with one attached hydrogen (secondary N) is 2. The zero-order valence-corrected chi connectivity index (χ0v) is 24.3. The van der Waals surface area contributed by atoms with E-state index < -0.39 is 6.09 Å². The van der Waals surface area contributed by atoms with Crippen LogP contribution in [0.5, 0.6) is 11.5 Å². The molecule has 9 nitrogen and oxygen atoms in total. The van der Waals surface area contributed by atoms with E-state index in [2.05, 4.69) is 19.8 Å². The minimum atomic E-state index is -0.735. The molecule has 0 spiro atoms. The molecule has 6 N–H and O–H groups in total. The molecule has 0 saturated carbocycles. The highest BCUT2D eigenvalue weighted by atomic mass is 32.2. The smallest absolute Gasteiger partial charge is 0.404 e. The second kappa shape index (κ2) is 18.4. The lowest BCUT2D eigenvalue weighted by Gasteiger charge is -2.06. The summed E-state index contributed by atoms with van der Waals surface area (Å²) < 4.78 is 13.4. The number of allylic oxidation sites excluding steroid dienone is 4. The van der Waals surface area contributed by atoms with Gasteiger partial charge in [0.1, 0.15) is 18.1 Å². The first kappa shape index (κ1) is 31.6. The number of thiazole rings is 1. The van der Waals surface area contributed by atoms with Crippen LogP contribution < -0.4 is 25.6 Å². The minimum Gasteiger partial charge on any atom is -0.457 e. The first-order valence-corrected chi connectivity index (χ1v) is 14.9. The summed E-state index contributed by atoms with van der Waals surface area (Å²) in [5, 5.41) is 10.7. The van der Waals surface area contributed by atoms with Crippen LogP contribution in [0.1, 0.15) is 32.1 Å². The normalized spacial score (nSPS) is 12.0. The van der Waals surface area contributed by atoms with Crippen LogP contribution in [0.2, 0.25) is 0 Å². The number of ether oxygens (including phenoxy) is 2. The second-order valence-corrected chi connectivity index (χ2v) is 10.1. The van der Waals surface area contributed by atoms with Gasteiger partial charge in [-0.1, -0.05) is 55.0 Å². The van der Waals surface area contributed by atoms with Gasteiger partial charge in [-0.05, 0) is 61.2 Å². The van der Waals surface area contributed by atoms with Crippen molar-refractivity contribution in [3.8, 4) is 22.8 Å². The van der Waals surface area contributed by atoms with Gasteiger partial charge in [-0.3, -0.25) is 14.7 Å². The first-order valence-electron chi connectivity index (χ1n) is 13.2. The molecule has 1 heterocycles. The Kier molecular flexibility index (Phi) is 14.2. The van der Waals surface area contributed by atoms with Crippen LogP contribution in [0.25, 0.3) is 11.3 Å². The van der Waals surface area contributed by atoms with Crippen LogP contribution in [0.4, 0.5) is 9.93 Å². The first-order chi connectivity index (χ1) is 20.0. The number of rotatable bonds is 13. The van der Waals surface area contributed by atoms with Gasteiger partial charge in [0.2, 0.25) is 5.91 Å². The van der Waals surface area contributed by atoms with Gasteiger partial charge in [-0.15, -0.1) is 11.3 Å². The number of hydrogen-bond acceptors (Lipinski definition) is 9. The summed E-state index contributed by atoms with van der Waals surface area (Å²) >= 11 is 2.55. The molecule has 0 saturated heterocycles. The Hall–Kier alpha value is -3.90. The molecule has 0 atom stereocenters. The Balaban J connectivity index is 0.000000322. The SMILES string of the molecule is NC(=O)OCC1=CCC=CC=C1.NSNCCCCCC(=O)Nc1nc(-c2ccc(Oc3ccccc3)cc2)cs1. The average molecular weight is 594 g/mol. The number of benzene rings is 2. The van der Waals surface area contributed by atoms with Gasteiger partial charge >= 0.3 is 6.09 Å². The predicted octanol–water partition coefficient (Wildman–Crippen LogP) is 6.74. The van der Waals surface area contributed by atoms with E-state index in [9.17, 15) is 9.59 Å². The Morgan fingerprint density at radius 2 is 1.78 bits per heavy atom. The predicted molar refractivity (Wildman–Crippen MR) is 167 cm³/mol. The van der Waals surface area contributed by atoms with Crippen molar-refractivity contribution in [1.29, 1.82) is 0 Å². The number of primary amides is 1. The molecule has 4 rings (SSSR count). The number of nitrogens with zero attached hydrogens (tertiary/aromatic N) is 1. The van der Waals surface area contributed by atoms with E-state index >= 15 is 0 Å². The fourth-order valence-electron chi connectivity index (χ4n) is 3.57. The van der Waals surface area contributed by atoms with Gasteiger partial charge in [0.15, 0.2) is 5.13 Å². The number of amides is 2. The summed E-state index contributed by atoms with van der Waals surface area (Å²) in [4.78, 5) is 26.8. The standard InChI is InChI=1S/C21H24N4O2S2.C9H11NO2/c22-29-23-14-6-2-5-9-20(26)25-21-24-19(15-28-21)16-10-12-18(13-11-16)27-17-7-3-1-4-8-17;10-9(11)12-7-8-5-3-1-2-4-6-8/h1,3-4,7-8,10-13,15,23H,2,5-6,9,14,22H2,(H,24,25,26);1-3,5-6H,4,7H2,(H2,10,11). The Bertz CT molecular complexity index is 1310. The van der Waals surface area contributed by atoms with E-state index in [4.69, 9.17) is 15.6 Å². The van der Waals surface area contributed by atoms with E-state index in [0.717, 1.165) is 72.7 Å². The van der Waals surface area contributed by atoms with E-state index in [1.807, 2.05) is 90.4 Å². The number of aromatic nitrogens is 1. The maximum atomic E-state index is 12.1. The quantitative estimate of drug-likeness (QED) is 0.126. The summed E-state index contributed by atoms with van der Waals surface area (Å²) in [5.74, 6) is 1.57. The molecule has 0 aliphatic heterocycles. The van der Waals surface area contributed by atoms with Gasteiger partial charge in [-0.2, -0.15) is 0 Å². The van der Waals surface area contributed by atoms with Crippen LogP contribution in [0, 0.1) is 0 Å². The lowest BCUT2D eigenvalue weighted by atomic mass is 10.2. The number of carbonyl (C=O) groups excluding carboxylic acids is 2. The largest absolute Gasteiger partial charge is 0.457 e. The van der Waals surface area contributed by atoms with Gasteiger partial charge < -0.3 is 20.5 Å². The number of nitrogens with two attached hydrogens (primary N) is 2. The van der Waals surface area contributed by atoms with Crippen molar-refractivity contribution in [3.05, 3.63) is 95.9 Å². The molecule has 3 aromatic rings. The fraction of sp³-hybridized carbons (Fsp3) is 0.233. The summed E-state index contributed by atoms with van der Waals surface area (Å²) in [5.41, 5.74) is 7.61. The molecule has 0 unspecified atom stereocenters. The van der Waals surface area contributed by atoms with Crippen molar-refractivity contribution < 1.29 is 19.1 Å². The number of hydrogen-bond donors (Lipinski definition) is 4.